The van der Waals surface area contributed by atoms with Crippen LogP contribution in [0.15, 0.2) is 4.63 Å². The average molecular weight is 242 g/mol. The van der Waals surface area contributed by atoms with Crippen LogP contribution in [-0.4, -0.2) is 35.3 Å². The maximum Gasteiger partial charge on any atom is 0.328 e. The number of nitrogen functional groups attached to an aromatic ring is 1. The van der Waals surface area contributed by atoms with E-state index in [1.54, 1.807) is 13.8 Å². The molecule has 0 saturated carbocycles. The van der Waals surface area contributed by atoms with Crippen molar-refractivity contribution in [2.45, 2.75) is 19.9 Å². The molecule has 1 atom stereocenters. The lowest BCUT2D eigenvalue weighted by molar-refractivity contribution is -0.144. The number of carbonyl (C=O) groups excluding carboxylic acids is 2. The summed E-state index contributed by atoms with van der Waals surface area (Å²) in [5.74, 6) is -1.43. The Balaban J connectivity index is 2.78. The first-order chi connectivity index (χ1) is 7.97. The minimum atomic E-state index is -0.774. The van der Waals surface area contributed by atoms with Crippen molar-refractivity contribution < 1.29 is 19.0 Å². The van der Waals surface area contributed by atoms with Crippen molar-refractivity contribution in [3.05, 3.63) is 5.69 Å². The lowest BCUT2D eigenvalue weighted by Gasteiger charge is -2.18. The van der Waals surface area contributed by atoms with Gasteiger partial charge in [-0.2, -0.15) is 0 Å². The predicted octanol–water partition coefficient (Wildman–Crippen LogP) is -0.421. The van der Waals surface area contributed by atoms with E-state index in [9.17, 15) is 9.59 Å². The number of methoxy groups -OCH3 is 1. The summed E-state index contributed by atoms with van der Waals surface area (Å²) in [5.41, 5.74) is 5.20. The Morgan fingerprint density at radius 1 is 1.41 bits per heavy atom. The first-order valence-electron chi connectivity index (χ1n) is 4.94. The average Bonchev–Trinajstić information content (AvgIpc) is 2.70. The minimum Gasteiger partial charge on any atom is -0.467 e. The summed E-state index contributed by atoms with van der Waals surface area (Å²) in [7, 11) is 1.25. The van der Waals surface area contributed by atoms with E-state index in [4.69, 9.17) is 5.73 Å². The van der Waals surface area contributed by atoms with Crippen LogP contribution in [0, 0.1) is 5.92 Å². The summed E-state index contributed by atoms with van der Waals surface area (Å²) >= 11 is 0. The van der Waals surface area contributed by atoms with Gasteiger partial charge in [0.1, 0.15) is 6.04 Å². The molecule has 1 amide bonds. The fraction of sp³-hybridized carbons (Fsp3) is 0.556. The van der Waals surface area contributed by atoms with Gasteiger partial charge in [0, 0.05) is 0 Å². The highest BCUT2D eigenvalue weighted by Crippen LogP contribution is 2.08. The number of esters is 1. The largest absolute Gasteiger partial charge is 0.467 e. The third-order valence-electron chi connectivity index (χ3n) is 2.14. The molecule has 8 nitrogen and oxygen atoms in total. The molecule has 0 aliphatic carbocycles. The summed E-state index contributed by atoms with van der Waals surface area (Å²) in [6.07, 6.45) is 0. The maximum absolute atomic E-state index is 11.7. The van der Waals surface area contributed by atoms with E-state index in [2.05, 4.69) is 25.0 Å². The molecule has 0 aliphatic rings. The molecular weight excluding hydrogens is 228 g/mol. The van der Waals surface area contributed by atoms with Gasteiger partial charge >= 0.3 is 5.97 Å². The molecule has 0 aliphatic heterocycles. The van der Waals surface area contributed by atoms with Crippen LogP contribution in [-0.2, 0) is 9.53 Å². The van der Waals surface area contributed by atoms with Crippen molar-refractivity contribution in [1.82, 2.24) is 15.6 Å². The zero-order valence-electron chi connectivity index (χ0n) is 9.76. The Kier molecular flexibility index (Phi) is 4.02. The Morgan fingerprint density at radius 2 is 2.06 bits per heavy atom. The molecule has 1 aromatic heterocycles. The quantitative estimate of drug-likeness (QED) is 0.688. The first kappa shape index (κ1) is 12.9. The number of nitrogens with two attached hydrogens (primary N) is 1. The van der Waals surface area contributed by atoms with Gasteiger partial charge in [-0.05, 0) is 16.2 Å². The van der Waals surface area contributed by atoms with E-state index in [0.29, 0.717) is 0 Å². The van der Waals surface area contributed by atoms with Gasteiger partial charge in [-0.3, -0.25) is 4.79 Å². The number of carbonyl (C=O) groups is 2. The molecule has 1 rings (SSSR count). The number of hydrogen-bond donors (Lipinski definition) is 2. The molecule has 0 fully saturated rings. The Bertz CT molecular complexity index is 415. The van der Waals surface area contributed by atoms with E-state index in [0.717, 1.165) is 0 Å². The minimum absolute atomic E-state index is 0.130. The number of anilines is 1. The van der Waals surface area contributed by atoms with Crippen LogP contribution in [0.3, 0.4) is 0 Å². The highest BCUT2D eigenvalue weighted by atomic mass is 16.6. The van der Waals surface area contributed by atoms with Crippen LogP contribution in [0.25, 0.3) is 0 Å². The van der Waals surface area contributed by atoms with E-state index >= 15 is 0 Å². The van der Waals surface area contributed by atoms with Crippen LogP contribution in [0.2, 0.25) is 0 Å². The van der Waals surface area contributed by atoms with Gasteiger partial charge in [-0.1, -0.05) is 13.8 Å². The number of nitrogens with one attached hydrogen (secondary N) is 1. The maximum atomic E-state index is 11.7. The van der Waals surface area contributed by atoms with E-state index < -0.39 is 17.9 Å². The molecule has 0 bridgehead atoms. The highest BCUT2D eigenvalue weighted by molar-refractivity contribution is 5.98. The highest BCUT2D eigenvalue weighted by Gasteiger charge is 2.27. The Morgan fingerprint density at radius 3 is 2.47 bits per heavy atom. The van der Waals surface area contributed by atoms with Gasteiger partial charge in [-0.25, -0.2) is 9.42 Å². The number of amides is 1. The van der Waals surface area contributed by atoms with Crippen molar-refractivity contribution in [1.29, 1.82) is 0 Å². The summed E-state index contributed by atoms with van der Waals surface area (Å²) in [4.78, 5) is 23.1. The van der Waals surface area contributed by atoms with Crippen LogP contribution >= 0.6 is 0 Å². The second kappa shape index (κ2) is 5.28. The summed E-state index contributed by atoms with van der Waals surface area (Å²) in [6.45, 7) is 3.54. The zero-order chi connectivity index (χ0) is 13.0. The fourth-order valence-electron chi connectivity index (χ4n) is 1.19. The molecule has 1 aromatic rings. The molecule has 94 valence electrons. The molecule has 0 spiro atoms. The molecular formula is C9H14N4O4. The number of aromatic nitrogens is 2. The van der Waals surface area contributed by atoms with Crippen LogP contribution in [0.4, 0.5) is 5.82 Å². The van der Waals surface area contributed by atoms with Crippen LogP contribution in [0.5, 0.6) is 0 Å². The predicted molar refractivity (Wildman–Crippen MR) is 56.8 cm³/mol. The Hall–Kier alpha value is -2.12. The van der Waals surface area contributed by atoms with Gasteiger partial charge in [-0.15, -0.1) is 0 Å². The molecule has 1 heterocycles. The molecule has 1 unspecified atom stereocenters. The van der Waals surface area contributed by atoms with Gasteiger partial charge in [0.2, 0.25) is 11.5 Å². The molecule has 3 N–H and O–H groups in total. The standard InChI is InChI=1S/C9H14N4O4/c1-4(2)5(9(15)16-3)11-8(14)6-7(10)13-17-12-6/h4-5H,1-3H3,(H2,10,13)(H,11,14). The number of hydrogen-bond acceptors (Lipinski definition) is 7. The van der Waals surface area contributed by atoms with Gasteiger partial charge < -0.3 is 15.8 Å². The van der Waals surface area contributed by atoms with Crippen molar-refractivity contribution in [2.75, 3.05) is 12.8 Å². The second-order valence-electron chi connectivity index (χ2n) is 3.72. The molecule has 8 heteroatoms. The topological polar surface area (TPSA) is 120 Å². The van der Waals surface area contributed by atoms with E-state index in [1.807, 2.05) is 0 Å². The van der Waals surface area contributed by atoms with E-state index in [1.165, 1.54) is 7.11 Å². The Labute approximate surface area is 97.4 Å². The monoisotopic (exact) mass is 242 g/mol. The van der Waals surface area contributed by atoms with Crippen molar-refractivity contribution in [3.63, 3.8) is 0 Å². The van der Waals surface area contributed by atoms with Crippen molar-refractivity contribution in [2.24, 2.45) is 5.92 Å². The first-order valence-corrected chi connectivity index (χ1v) is 4.94. The van der Waals surface area contributed by atoms with Crippen LogP contribution in [0.1, 0.15) is 24.3 Å². The number of nitrogens with zero attached hydrogens (tertiary/aromatic N) is 2. The lowest BCUT2D eigenvalue weighted by atomic mass is 10.0. The number of ether oxygens (including phenoxy) is 1. The lowest BCUT2D eigenvalue weighted by Crippen LogP contribution is -2.45. The normalized spacial score (nSPS) is 12.2. The van der Waals surface area contributed by atoms with Gasteiger partial charge in [0.15, 0.2) is 0 Å². The number of rotatable bonds is 4. The smallest absolute Gasteiger partial charge is 0.328 e. The van der Waals surface area contributed by atoms with Gasteiger partial charge in [0.25, 0.3) is 5.91 Å². The summed E-state index contributed by atoms with van der Waals surface area (Å²) in [5, 5.41) is 9.06. The second-order valence-corrected chi connectivity index (χ2v) is 3.72. The third-order valence-corrected chi connectivity index (χ3v) is 2.14. The summed E-state index contributed by atoms with van der Waals surface area (Å²) < 4.78 is 8.87. The molecule has 0 aromatic carbocycles. The molecule has 0 radical (unpaired) electrons. The zero-order valence-corrected chi connectivity index (χ0v) is 9.76. The summed E-state index contributed by atoms with van der Waals surface area (Å²) in [6, 6.07) is -0.774. The SMILES string of the molecule is COC(=O)C(NC(=O)c1nonc1N)C(C)C. The third kappa shape index (κ3) is 2.92. The molecule has 17 heavy (non-hydrogen) atoms. The van der Waals surface area contributed by atoms with Crippen LogP contribution < -0.4 is 11.1 Å². The van der Waals surface area contributed by atoms with E-state index in [-0.39, 0.29) is 17.4 Å². The van der Waals surface area contributed by atoms with Crippen molar-refractivity contribution in [3.8, 4) is 0 Å². The van der Waals surface area contributed by atoms with Crippen molar-refractivity contribution >= 4 is 17.7 Å². The fourth-order valence-corrected chi connectivity index (χ4v) is 1.19. The molecule has 0 saturated heterocycles. The van der Waals surface area contributed by atoms with Gasteiger partial charge in [0.05, 0.1) is 7.11 Å².